The number of rotatable bonds is 4. The van der Waals surface area contributed by atoms with Crippen LogP contribution in [0.5, 0.6) is 0 Å². The lowest BCUT2D eigenvalue weighted by Crippen LogP contribution is -2.30. The fourth-order valence-corrected chi connectivity index (χ4v) is 4.01. The van der Waals surface area contributed by atoms with Crippen LogP contribution in [0.3, 0.4) is 0 Å². The van der Waals surface area contributed by atoms with Crippen molar-refractivity contribution in [2.24, 2.45) is 0 Å². The van der Waals surface area contributed by atoms with Crippen LogP contribution in [-0.2, 0) is 0 Å². The number of anilines is 1. The van der Waals surface area contributed by atoms with Crippen molar-refractivity contribution in [3.63, 3.8) is 0 Å². The summed E-state index contributed by atoms with van der Waals surface area (Å²) in [7, 11) is 0. The summed E-state index contributed by atoms with van der Waals surface area (Å²) in [6, 6.07) is 11.8. The normalized spacial score (nSPS) is 10.6. The number of carbonyl (C=O) groups is 1. The van der Waals surface area contributed by atoms with E-state index in [9.17, 15) is 4.79 Å². The highest BCUT2D eigenvalue weighted by atomic mass is 32.1. The number of aryl methyl sites for hydroxylation is 1. The molecule has 0 aliphatic carbocycles. The number of aromatic nitrogens is 1. The summed E-state index contributed by atoms with van der Waals surface area (Å²) in [5, 5.41) is 4.99. The van der Waals surface area contributed by atoms with E-state index >= 15 is 0 Å². The topological polar surface area (TPSA) is 33.2 Å². The van der Waals surface area contributed by atoms with Crippen LogP contribution >= 0.6 is 22.7 Å². The van der Waals surface area contributed by atoms with Crippen molar-refractivity contribution in [1.29, 1.82) is 0 Å². The zero-order valence-corrected chi connectivity index (χ0v) is 14.1. The molecule has 1 aromatic carbocycles. The van der Waals surface area contributed by atoms with Crippen LogP contribution in [0, 0.1) is 6.92 Å². The Hall–Kier alpha value is -1.98. The molecule has 0 aliphatic rings. The van der Waals surface area contributed by atoms with Gasteiger partial charge < -0.3 is 4.90 Å². The molecule has 2 aromatic heterocycles. The van der Waals surface area contributed by atoms with E-state index < -0.39 is 0 Å². The second kappa shape index (κ2) is 6.42. The van der Waals surface area contributed by atoms with Crippen molar-refractivity contribution in [3.8, 4) is 10.6 Å². The first-order valence-corrected chi connectivity index (χ1v) is 8.83. The molecule has 3 rings (SSSR count). The molecule has 0 radical (unpaired) electrons. The average molecular weight is 328 g/mol. The number of para-hydroxylation sites is 1. The lowest BCUT2D eigenvalue weighted by atomic mass is 10.2. The Morgan fingerprint density at radius 3 is 2.64 bits per heavy atom. The van der Waals surface area contributed by atoms with Crippen LogP contribution in [0.15, 0.2) is 47.2 Å². The summed E-state index contributed by atoms with van der Waals surface area (Å²) in [4.78, 5) is 19.9. The first-order valence-electron chi connectivity index (χ1n) is 7.07. The van der Waals surface area contributed by atoms with Crippen molar-refractivity contribution in [1.82, 2.24) is 4.98 Å². The summed E-state index contributed by atoms with van der Waals surface area (Å²) in [6.45, 7) is 4.52. The van der Waals surface area contributed by atoms with Crippen molar-refractivity contribution in [2.45, 2.75) is 13.8 Å². The van der Waals surface area contributed by atoms with E-state index in [1.54, 1.807) is 16.2 Å². The van der Waals surface area contributed by atoms with Crippen LogP contribution in [-0.4, -0.2) is 17.4 Å². The molecule has 0 unspecified atom stereocenters. The van der Waals surface area contributed by atoms with E-state index in [0.29, 0.717) is 11.4 Å². The molecule has 0 spiro atoms. The highest BCUT2D eigenvalue weighted by Crippen LogP contribution is 2.31. The molecule has 5 heteroatoms. The first-order chi connectivity index (χ1) is 10.7. The lowest BCUT2D eigenvalue weighted by molar-refractivity contribution is 0.0991. The van der Waals surface area contributed by atoms with Gasteiger partial charge in [0, 0.05) is 23.2 Å². The van der Waals surface area contributed by atoms with E-state index in [-0.39, 0.29) is 5.91 Å². The number of hydrogen-bond acceptors (Lipinski definition) is 4. The average Bonchev–Trinajstić information content (AvgIpc) is 3.18. The van der Waals surface area contributed by atoms with Crippen molar-refractivity contribution in [3.05, 3.63) is 57.7 Å². The Morgan fingerprint density at radius 2 is 2.00 bits per heavy atom. The van der Waals surface area contributed by atoms with Gasteiger partial charge >= 0.3 is 0 Å². The Balaban J connectivity index is 1.95. The van der Waals surface area contributed by atoms with Crippen LogP contribution in [0.1, 0.15) is 22.3 Å². The molecule has 0 saturated heterocycles. The highest BCUT2D eigenvalue weighted by molar-refractivity contribution is 7.17. The van der Waals surface area contributed by atoms with Gasteiger partial charge in [-0.25, -0.2) is 4.98 Å². The number of nitrogens with zero attached hydrogens (tertiary/aromatic N) is 2. The maximum Gasteiger partial charge on any atom is 0.270 e. The molecule has 3 aromatic rings. The molecule has 2 heterocycles. The summed E-state index contributed by atoms with van der Waals surface area (Å²) in [6.07, 6.45) is 0. The maximum absolute atomic E-state index is 12.9. The molecule has 22 heavy (non-hydrogen) atoms. The number of thiophene rings is 1. The third-order valence-corrected chi connectivity index (χ3v) is 5.27. The van der Waals surface area contributed by atoms with Crippen molar-refractivity contribution < 1.29 is 4.79 Å². The van der Waals surface area contributed by atoms with Gasteiger partial charge in [0.1, 0.15) is 9.88 Å². The smallest absolute Gasteiger partial charge is 0.270 e. The minimum atomic E-state index is 0.0187. The zero-order valence-electron chi connectivity index (χ0n) is 12.4. The minimum Gasteiger partial charge on any atom is -0.308 e. The fraction of sp³-hybridized carbons (Fsp3) is 0.176. The van der Waals surface area contributed by atoms with Gasteiger partial charge in [-0.15, -0.1) is 11.3 Å². The quantitative estimate of drug-likeness (QED) is 0.686. The first kappa shape index (κ1) is 14.9. The number of hydrogen-bond donors (Lipinski definition) is 0. The Kier molecular flexibility index (Phi) is 4.36. The van der Waals surface area contributed by atoms with Crippen LogP contribution < -0.4 is 4.90 Å². The minimum absolute atomic E-state index is 0.0187. The summed E-state index contributed by atoms with van der Waals surface area (Å²) < 4.78 is 0. The van der Waals surface area contributed by atoms with E-state index in [1.807, 2.05) is 55.6 Å². The predicted octanol–water partition coefficient (Wildman–Crippen LogP) is 4.85. The summed E-state index contributed by atoms with van der Waals surface area (Å²) >= 11 is 3.10. The fourth-order valence-electron chi connectivity index (χ4n) is 2.28. The number of benzene rings is 1. The number of carbonyl (C=O) groups excluding carboxylic acids is 1. The summed E-state index contributed by atoms with van der Waals surface area (Å²) in [5.74, 6) is 0.0187. The van der Waals surface area contributed by atoms with Gasteiger partial charge in [-0.05, 0) is 37.4 Å². The molecule has 1 amide bonds. The number of amides is 1. The van der Waals surface area contributed by atoms with Crippen LogP contribution in [0.25, 0.3) is 10.6 Å². The Bertz CT molecular complexity index is 763. The maximum atomic E-state index is 12.9. The summed E-state index contributed by atoms with van der Waals surface area (Å²) in [5.41, 5.74) is 2.80. The molecule has 0 atom stereocenters. The standard InChI is InChI=1S/C17H16N2OS2/c1-3-19(14-7-5-4-6-8-14)17(20)15-12(2)18-16(22-15)13-9-10-21-11-13/h4-11H,3H2,1-2H3. The largest absolute Gasteiger partial charge is 0.308 e. The molecular formula is C17H16N2OS2. The molecule has 0 N–H and O–H groups in total. The van der Waals surface area contributed by atoms with Crippen molar-refractivity contribution in [2.75, 3.05) is 11.4 Å². The Morgan fingerprint density at radius 1 is 1.23 bits per heavy atom. The molecule has 3 nitrogen and oxygen atoms in total. The van der Waals surface area contributed by atoms with Crippen LogP contribution in [0.2, 0.25) is 0 Å². The molecular weight excluding hydrogens is 312 g/mol. The zero-order chi connectivity index (χ0) is 15.5. The Labute approximate surface area is 137 Å². The van der Waals surface area contributed by atoms with Gasteiger partial charge in [-0.2, -0.15) is 11.3 Å². The molecule has 0 bridgehead atoms. The SMILES string of the molecule is CCN(C(=O)c1sc(-c2ccsc2)nc1C)c1ccccc1. The lowest BCUT2D eigenvalue weighted by Gasteiger charge is -2.20. The van der Waals surface area contributed by atoms with E-state index in [4.69, 9.17) is 0 Å². The van der Waals surface area contributed by atoms with Gasteiger partial charge in [0.2, 0.25) is 0 Å². The van der Waals surface area contributed by atoms with Gasteiger partial charge in [-0.3, -0.25) is 4.79 Å². The predicted molar refractivity (Wildman–Crippen MR) is 94.0 cm³/mol. The molecule has 0 aliphatic heterocycles. The third kappa shape index (κ3) is 2.82. The van der Waals surface area contributed by atoms with Crippen molar-refractivity contribution >= 4 is 34.3 Å². The highest BCUT2D eigenvalue weighted by Gasteiger charge is 2.22. The molecule has 112 valence electrons. The van der Waals surface area contributed by atoms with Gasteiger partial charge in [0.05, 0.1) is 5.69 Å². The second-order valence-electron chi connectivity index (χ2n) is 4.83. The van der Waals surface area contributed by atoms with Gasteiger partial charge in [0.25, 0.3) is 5.91 Å². The van der Waals surface area contributed by atoms with E-state index in [2.05, 4.69) is 10.4 Å². The molecule has 0 saturated carbocycles. The third-order valence-electron chi connectivity index (χ3n) is 3.39. The number of thiazole rings is 1. The van der Waals surface area contributed by atoms with E-state index in [0.717, 1.165) is 22.0 Å². The van der Waals surface area contributed by atoms with E-state index in [1.165, 1.54) is 11.3 Å². The molecule has 0 fully saturated rings. The van der Waals surface area contributed by atoms with Crippen LogP contribution in [0.4, 0.5) is 5.69 Å². The monoisotopic (exact) mass is 328 g/mol. The van der Waals surface area contributed by atoms with Gasteiger partial charge in [0.15, 0.2) is 0 Å². The second-order valence-corrected chi connectivity index (χ2v) is 6.61. The van der Waals surface area contributed by atoms with Gasteiger partial charge in [-0.1, -0.05) is 18.2 Å².